The molecule has 1 aromatic rings. The van der Waals surface area contributed by atoms with Crippen LogP contribution in [0.15, 0.2) is 23.0 Å². The van der Waals surface area contributed by atoms with Crippen molar-refractivity contribution in [1.82, 2.24) is 0 Å². The van der Waals surface area contributed by atoms with Gasteiger partial charge in [-0.05, 0) is 48.5 Å². The Kier molecular flexibility index (Phi) is 5.16. The van der Waals surface area contributed by atoms with Crippen LogP contribution in [0.25, 0.3) is 0 Å². The van der Waals surface area contributed by atoms with Gasteiger partial charge in [-0.2, -0.15) is 0 Å². The summed E-state index contributed by atoms with van der Waals surface area (Å²) < 4.78 is 21.6. The number of methoxy groups -OCH3 is 1. The highest BCUT2D eigenvalue weighted by Gasteiger charge is 2.66. The van der Waals surface area contributed by atoms with E-state index in [2.05, 4.69) is 6.92 Å². The topological polar surface area (TPSA) is 118 Å². The summed E-state index contributed by atoms with van der Waals surface area (Å²) in [6, 6.07) is 1.78. The number of nitrogens with two attached hydrogens (primary N) is 1. The normalized spacial score (nSPS) is 40.8. The highest BCUT2D eigenvalue weighted by molar-refractivity contribution is 5.91. The van der Waals surface area contributed by atoms with Crippen LogP contribution in [0.5, 0.6) is 0 Å². The molecule has 1 amide bonds. The first-order valence-electron chi connectivity index (χ1n) is 10.4. The van der Waals surface area contributed by atoms with Crippen molar-refractivity contribution in [2.24, 2.45) is 34.3 Å². The van der Waals surface area contributed by atoms with E-state index < -0.39 is 35.6 Å². The number of carbonyl (C=O) groups is 3. The van der Waals surface area contributed by atoms with Crippen LogP contribution in [0.3, 0.4) is 0 Å². The fraction of sp³-hybridized carbons (Fsp3) is 0.682. The zero-order valence-electron chi connectivity index (χ0n) is 17.6. The second-order valence-electron chi connectivity index (χ2n) is 9.44. The van der Waals surface area contributed by atoms with Gasteiger partial charge in [0.1, 0.15) is 6.10 Å². The Morgan fingerprint density at radius 3 is 2.70 bits per heavy atom. The van der Waals surface area contributed by atoms with Crippen LogP contribution in [0, 0.1) is 28.6 Å². The SMILES string of the molecule is COCC1CC(OC(N)=O)C(=O)C2C1(C)CCC1C(=O)OC(c3ccoc3)CC12C. The van der Waals surface area contributed by atoms with Gasteiger partial charge in [0.25, 0.3) is 0 Å². The van der Waals surface area contributed by atoms with Gasteiger partial charge in [-0.25, -0.2) is 4.79 Å². The quantitative estimate of drug-likeness (QED) is 0.745. The number of fused-ring (bicyclic) bond motifs is 3. The number of ether oxygens (including phenoxy) is 3. The molecule has 4 rings (SSSR count). The van der Waals surface area contributed by atoms with Crippen molar-refractivity contribution in [2.75, 3.05) is 13.7 Å². The third-order valence-electron chi connectivity index (χ3n) is 7.83. The monoisotopic (exact) mass is 419 g/mol. The van der Waals surface area contributed by atoms with Crippen LogP contribution >= 0.6 is 0 Å². The van der Waals surface area contributed by atoms with Crippen LogP contribution in [0.2, 0.25) is 0 Å². The van der Waals surface area contributed by atoms with Crippen molar-refractivity contribution >= 4 is 17.8 Å². The van der Waals surface area contributed by atoms with Crippen LogP contribution < -0.4 is 5.73 Å². The minimum Gasteiger partial charge on any atom is -0.472 e. The smallest absolute Gasteiger partial charge is 0.405 e. The molecule has 0 spiro atoms. The molecule has 7 atom stereocenters. The Morgan fingerprint density at radius 2 is 2.07 bits per heavy atom. The average molecular weight is 419 g/mol. The molecule has 2 saturated carbocycles. The first-order chi connectivity index (χ1) is 14.2. The molecule has 0 aromatic carbocycles. The fourth-order valence-electron chi connectivity index (χ4n) is 6.46. The summed E-state index contributed by atoms with van der Waals surface area (Å²) in [6.07, 6.45) is 2.95. The van der Waals surface area contributed by atoms with E-state index in [1.165, 1.54) is 0 Å². The van der Waals surface area contributed by atoms with Crippen molar-refractivity contribution in [3.05, 3.63) is 24.2 Å². The van der Waals surface area contributed by atoms with Gasteiger partial charge in [-0.1, -0.05) is 13.8 Å². The Balaban J connectivity index is 1.76. The minimum absolute atomic E-state index is 0.00218. The minimum atomic E-state index is -0.968. The number of rotatable bonds is 4. The van der Waals surface area contributed by atoms with Gasteiger partial charge >= 0.3 is 12.1 Å². The van der Waals surface area contributed by atoms with E-state index in [4.69, 9.17) is 24.4 Å². The molecule has 0 radical (unpaired) electrons. The molecule has 2 aliphatic carbocycles. The standard InChI is InChI=1S/C22H29NO7/c1-21-6-4-14-19(25)29-16(12-5-7-28-10-12)9-22(14,2)18(21)17(24)15(30-20(23)26)8-13(21)11-27-3/h5,7,10,13-16,18H,4,6,8-9,11H2,1-3H3,(H2,23,26). The second-order valence-corrected chi connectivity index (χ2v) is 9.44. The van der Waals surface area contributed by atoms with Gasteiger partial charge in [0.15, 0.2) is 11.9 Å². The first kappa shape index (κ1) is 20.9. The van der Waals surface area contributed by atoms with Crippen LogP contribution in [-0.4, -0.2) is 37.7 Å². The maximum Gasteiger partial charge on any atom is 0.405 e. The van der Waals surface area contributed by atoms with Gasteiger partial charge in [0, 0.05) is 25.2 Å². The Labute approximate surface area is 175 Å². The molecular weight excluding hydrogens is 390 g/mol. The van der Waals surface area contributed by atoms with Crippen molar-refractivity contribution < 1.29 is 33.0 Å². The van der Waals surface area contributed by atoms with Gasteiger partial charge < -0.3 is 24.4 Å². The molecule has 2 heterocycles. The van der Waals surface area contributed by atoms with Gasteiger partial charge in [-0.3, -0.25) is 9.59 Å². The highest BCUT2D eigenvalue weighted by atomic mass is 16.6. The maximum atomic E-state index is 13.7. The molecule has 2 N–H and O–H groups in total. The Morgan fingerprint density at radius 1 is 1.30 bits per heavy atom. The number of carbonyl (C=O) groups excluding carboxylic acids is 3. The molecule has 164 valence electrons. The number of hydrogen-bond donors (Lipinski definition) is 1. The van der Waals surface area contributed by atoms with E-state index in [0.29, 0.717) is 32.3 Å². The van der Waals surface area contributed by atoms with Crippen molar-refractivity contribution in [3.8, 4) is 0 Å². The number of Topliss-reactive ketones (excluding diaryl/α,β-unsaturated/α-hetero) is 1. The van der Waals surface area contributed by atoms with Gasteiger partial charge in [-0.15, -0.1) is 0 Å². The van der Waals surface area contributed by atoms with Crippen LogP contribution in [-0.2, 0) is 23.8 Å². The van der Waals surface area contributed by atoms with Crippen LogP contribution in [0.4, 0.5) is 4.79 Å². The number of primary amides is 1. The summed E-state index contributed by atoms with van der Waals surface area (Å²) >= 11 is 0. The molecule has 30 heavy (non-hydrogen) atoms. The summed E-state index contributed by atoms with van der Waals surface area (Å²) in [7, 11) is 1.62. The lowest BCUT2D eigenvalue weighted by Gasteiger charge is -2.61. The summed E-state index contributed by atoms with van der Waals surface area (Å²) in [5.74, 6) is -1.32. The molecule has 3 fully saturated rings. The zero-order chi connectivity index (χ0) is 21.7. The van der Waals surface area contributed by atoms with Crippen molar-refractivity contribution in [3.63, 3.8) is 0 Å². The summed E-state index contributed by atoms with van der Waals surface area (Å²) in [6.45, 7) is 4.55. The van der Waals surface area contributed by atoms with Crippen LogP contribution in [0.1, 0.15) is 51.2 Å². The van der Waals surface area contributed by atoms with E-state index in [1.54, 1.807) is 25.7 Å². The average Bonchev–Trinajstić information content (AvgIpc) is 3.19. The predicted octanol–water partition coefficient (Wildman–Crippen LogP) is 3.01. The summed E-state index contributed by atoms with van der Waals surface area (Å²) in [5.41, 5.74) is 5.00. The molecule has 1 saturated heterocycles. The van der Waals surface area contributed by atoms with E-state index in [1.807, 2.05) is 6.92 Å². The van der Waals surface area contributed by atoms with E-state index in [9.17, 15) is 14.4 Å². The molecule has 1 aromatic heterocycles. The maximum absolute atomic E-state index is 13.7. The lowest BCUT2D eigenvalue weighted by molar-refractivity contribution is -0.207. The lowest BCUT2D eigenvalue weighted by Crippen LogP contribution is -2.64. The lowest BCUT2D eigenvalue weighted by atomic mass is 9.43. The largest absolute Gasteiger partial charge is 0.472 e. The molecule has 3 aliphatic rings. The third kappa shape index (κ3) is 3.12. The number of ketones is 1. The van der Waals surface area contributed by atoms with E-state index >= 15 is 0 Å². The molecular formula is C22H29NO7. The van der Waals surface area contributed by atoms with Crippen molar-refractivity contribution in [1.29, 1.82) is 0 Å². The number of cyclic esters (lactones) is 1. The summed E-state index contributed by atoms with van der Waals surface area (Å²) in [4.78, 5) is 38.1. The predicted molar refractivity (Wildman–Crippen MR) is 104 cm³/mol. The molecule has 1 aliphatic heterocycles. The molecule has 0 bridgehead atoms. The number of amides is 1. The fourth-order valence-corrected chi connectivity index (χ4v) is 6.46. The number of hydrogen-bond acceptors (Lipinski definition) is 7. The molecule has 7 unspecified atom stereocenters. The van der Waals surface area contributed by atoms with E-state index in [0.717, 1.165) is 5.56 Å². The number of furan rings is 1. The molecule has 8 nitrogen and oxygen atoms in total. The Bertz CT molecular complexity index is 837. The first-order valence-corrected chi connectivity index (χ1v) is 10.4. The third-order valence-corrected chi connectivity index (χ3v) is 7.83. The van der Waals surface area contributed by atoms with Gasteiger partial charge in [0.05, 0.1) is 18.4 Å². The second kappa shape index (κ2) is 7.41. The van der Waals surface area contributed by atoms with Gasteiger partial charge in [0.2, 0.25) is 0 Å². The Hall–Kier alpha value is -2.35. The summed E-state index contributed by atoms with van der Waals surface area (Å²) in [5, 5.41) is 0. The zero-order valence-corrected chi connectivity index (χ0v) is 17.6. The van der Waals surface area contributed by atoms with Crippen molar-refractivity contribution in [2.45, 2.75) is 51.7 Å². The number of esters is 1. The highest BCUT2D eigenvalue weighted by Crippen LogP contribution is 2.65. The van der Waals surface area contributed by atoms with E-state index in [-0.39, 0.29) is 23.1 Å². The molecule has 8 heteroatoms.